The molecule has 1 aromatic carbocycles. The van der Waals surface area contributed by atoms with Crippen LogP contribution in [0.1, 0.15) is 40.2 Å². The molecule has 0 aliphatic heterocycles. The molecule has 2 atom stereocenters. The van der Waals surface area contributed by atoms with Crippen LogP contribution in [0.2, 0.25) is 5.02 Å². The molecular weight excluding hydrogens is 356 g/mol. The fourth-order valence-corrected chi connectivity index (χ4v) is 2.94. The highest BCUT2D eigenvalue weighted by Crippen LogP contribution is 2.30. The molecular formula is C19H27ClN2O2S. The number of halogens is 1. The zero-order valence-electron chi connectivity index (χ0n) is 15.8. The molecule has 0 aliphatic carbocycles. The topological polar surface area (TPSA) is 56.7 Å². The molecule has 0 bridgehead atoms. The molecule has 0 heterocycles. The number of rotatable bonds is 7. The number of hydrogen-bond acceptors (Lipinski definition) is 4. The second-order valence-corrected chi connectivity index (χ2v) is 9.22. The molecule has 0 unspecified atom stereocenters. The molecule has 138 valence electrons. The summed E-state index contributed by atoms with van der Waals surface area (Å²) in [5.41, 5.74) is 2.99. The molecule has 1 aromatic rings. The average Bonchev–Trinajstić information content (AvgIpc) is 2.50. The minimum absolute atomic E-state index is 0.329. The van der Waals surface area contributed by atoms with Gasteiger partial charge >= 0.3 is 0 Å². The van der Waals surface area contributed by atoms with Crippen molar-refractivity contribution in [2.75, 3.05) is 7.11 Å². The Morgan fingerprint density at radius 2 is 1.96 bits per heavy atom. The van der Waals surface area contributed by atoms with Gasteiger partial charge in [-0.05, 0) is 52.3 Å². The van der Waals surface area contributed by atoms with Crippen LogP contribution in [0.4, 0.5) is 5.69 Å². The Bertz CT molecular complexity index is 680. The van der Waals surface area contributed by atoms with Crippen LogP contribution in [-0.4, -0.2) is 28.2 Å². The van der Waals surface area contributed by atoms with E-state index < -0.39 is 16.1 Å². The summed E-state index contributed by atoms with van der Waals surface area (Å²) in [6.07, 6.45) is 0. The monoisotopic (exact) mass is 382 g/mol. The standard InChI is InChI=1S/C19H27ClN2O2S/c1-12(2)16-10-9-15(20)11-17(16)21-18(14(4)24-8)13(3)22-25(23)19(5,6)7/h9-11,13,22H,1,4H2,2-3,5-8H3/b21-18-/t13-,25-/m1/s1. The van der Waals surface area contributed by atoms with Crippen LogP contribution in [0.3, 0.4) is 0 Å². The highest BCUT2D eigenvalue weighted by molar-refractivity contribution is 7.90. The number of aliphatic imine (C=N–C) groups is 1. The van der Waals surface area contributed by atoms with Gasteiger partial charge in [-0.3, -0.25) is 0 Å². The van der Waals surface area contributed by atoms with Gasteiger partial charge in [-0.15, -0.1) is 4.72 Å². The van der Waals surface area contributed by atoms with E-state index in [9.17, 15) is 4.55 Å². The van der Waals surface area contributed by atoms with Crippen LogP contribution < -0.4 is 4.72 Å². The van der Waals surface area contributed by atoms with Gasteiger partial charge in [-0.2, -0.15) is 0 Å². The third-order valence-corrected chi connectivity index (χ3v) is 5.36. The summed E-state index contributed by atoms with van der Waals surface area (Å²) in [5, 5.41) is 0.574. The maximum Gasteiger partial charge on any atom is 0.136 e. The van der Waals surface area contributed by atoms with Crippen LogP contribution in [-0.2, 0) is 16.1 Å². The number of methoxy groups -OCH3 is 1. The second kappa shape index (κ2) is 8.90. The molecule has 0 saturated heterocycles. The van der Waals surface area contributed by atoms with Gasteiger partial charge in [0.1, 0.15) is 16.2 Å². The molecule has 0 spiro atoms. The predicted molar refractivity (Wildman–Crippen MR) is 110 cm³/mol. The van der Waals surface area contributed by atoms with E-state index in [4.69, 9.17) is 21.3 Å². The van der Waals surface area contributed by atoms with E-state index in [1.54, 1.807) is 12.1 Å². The lowest BCUT2D eigenvalue weighted by Gasteiger charge is -2.27. The molecule has 6 heteroatoms. The van der Waals surface area contributed by atoms with E-state index in [0.717, 1.165) is 11.1 Å². The SMILES string of the molecule is C=C(OC)/C(=N\c1cc(Cl)ccc1C(=C)C)[C@@H](C)N[S@+]([O-])C(C)(C)C. The van der Waals surface area contributed by atoms with Crippen LogP contribution in [0.25, 0.3) is 5.57 Å². The fraction of sp³-hybridized carbons (Fsp3) is 0.421. The fourth-order valence-electron chi connectivity index (χ4n) is 1.99. The number of benzene rings is 1. The Balaban J connectivity index is 3.32. The van der Waals surface area contributed by atoms with E-state index in [1.165, 1.54) is 7.11 Å². The minimum Gasteiger partial charge on any atom is -0.598 e. The summed E-state index contributed by atoms with van der Waals surface area (Å²) in [7, 11) is 1.53. The van der Waals surface area contributed by atoms with E-state index in [2.05, 4.69) is 17.9 Å². The molecule has 0 radical (unpaired) electrons. The van der Waals surface area contributed by atoms with Crippen molar-refractivity contribution in [3.8, 4) is 0 Å². The van der Waals surface area contributed by atoms with E-state index in [-0.39, 0.29) is 6.04 Å². The number of nitrogens with zero attached hydrogens (tertiary/aromatic N) is 1. The van der Waals surface area contributed by atoms with Crippen molar-refractivity contribution in [1.82, 2.24) is 4.72 Å². The molecule has 0 aliphatic rings. The highest BCUT2D eigenvalue weighted by Gasteiger charge is 2.30. The lowest BCUT2D eigenvalue weighted by Crippen LogP contribution is -2.47. The van der Waals surface area contributed by atoms with Gasteiger partial charge in [0, 0.05) is 21.9 Å². The first-order chi connectivity index (χ1) is 11.5. The third-order valence-electron chi connectivity index (χ3n) is 3.44. The van der Waals surface area contributed by atoms with Crippen LogP contribution in [0, 0.1) is 0 Å². The quantitative estimate of drug-likeness (QED) is 0.408. The normalized spacial score (nSPS) is 14.8. The van der Waals surface area contributed by atoms with Crippen molar-refractivity contribution in [2.45, 2.75) is 45.4 Å². The highest BCUT2D eigenvalue weighted by atomic mass is 35.5. The number of ether oxygens (including phenoxy) is 1. The molecule has 0 saturated carbocycles. The number of allylic oxidation sites excluding steroid dienone is 1. The number of nitrogens with one attached hydrogen (secondary N) is 1. The van der Waals surface area contributed by atoms with Gasteiger partial charge in [0.25, 0.3) is 0 Å². The van der Waals surface area contributed by atoms with Gasteiger partial charge < -0.3 is 9.29 Å². The van der Waals surface area contributed by atoms with Gasteiger partial charge in [-0.1, -0.05) is 30.8 Å². The van der Waals surface area contributed by atoms with Gasteiger partial charge in [0.05, 0.1) is 18.8 Å². The minimum atomic E-state index is -1.25. The second-order valence-electron chi connectivity index (χ2n) is 6.79. The summed E-state index contributed by atoms with van der Waals surface area (Å²) >= 11 is 4.87. The van der Waals surface area contributed by atoms with Gasteiger partial charge in [-0.25, -0.2) is 4.99 Å². The number of hydrogen-bond donors (Lipinski definition) is 1. The lowest BCUT2D eigenvalue weighted by atomic mass is 10.1. The van der Waals surface area contributed by atoms with Gasteiger partial charge in [0.2, 0.25) is 0 Å². The molecule has 1 rings (SSSR count). The smallest absolute Gasteiger partial charge is 0.136 e. The van der Waals surface area contributed by atoms with Crippen LogP contribution in [0.15, 0.2) is 42.1 Å². The summed E-state index contributed by atoms with van der Waals surface area (Å²) in [6, 6.07) is 5.11. The first-order valence-electron chi connectivity index (χ1n) is 7.92. The Kier molecular flexibility index (Phi) is 7.75. The van der Waals surface area contributed by atoms with Crippen molar-refractivity contribution < 1.29 is 9.29 Å². The van der Waals surface area contributed by atoms with Crippen molar-refractivity contribution in [2.24, 2.45) is 4.99 Å². The first-order valence-corrected chi connectivity index (χ1v) is 9.45. The van der Waals surface area contributed by atoms with Crippen molar-refractivity contribution in [1.29, 1.82) is 0 Å². The predicted octanol–water partition coefficient (Wildman–Crippen LogP) is 5.05. The zero-order valence-corrected chi connectivity index (χ0v) is 17.3. The maximum atomic E-state index is 12.4. The summed E-state index contributed by atoms with van der Waals surface area (Å²) in [4.78, 5) is 4.70. The maximum absolute atomic E-state index is 12.4. The third kappa shape index (κ3) is 6.19. The Labute approximate surface area is 159 Å². The summed E-state index contributed by atoms with van der Waals surface area (Å²) in [6.45, 7) is 17.4. The first kappa shape index (κ1) is 21.8. The van der Waals surface area contributed by atoms with E-state index >= 15 is 0 Å². The Hall–Kier alpha value is -1.27. The summed E-state index contributed by atoms with van der Waals surface area (Å²) in [5.74, 6) is 0.401. The molecule has 0 amide bonds. The van der Waals surface area contributed by atoms with Gasteiger partial charge in [0.15, 0.2) is 0 Å². The lowest BCUT2D eigenvalue weighted by molar-refractivity contribution is 0.314. The van der Waals surface area contributed by atoms with E-state index in [0.29, 0.717) is 22.2 Å². The zero-order chi connectivity index (χ0) is 19.4. The Morgan fingerprint density at radius 1 is 1.36 bits per heavy atom. The van der Waals surface area contributed by atoms with Crippen molar-refractivity contribution in [3.63, 3.8) is 0 Å². The van der Waals surface area contributed by atoms with Crippen LogP contribution >= 0.6 is 11.6 Å². The van der Waals surface area contributed by atoms with Crippen LogP contribution in [0.5, 0.6) is 0 Å². The van der Waals surface area contributed by atoms with Crippen molar-refractivity contribution >= 4 is 39.9 Å². The Morgan fingerprint density at radius 3 is 2.44 bits per heavy atom. The molecule has 0 aromatic heterocycles. The molecule has 1 N–H and O–H groups in total. The molecule has 25 heavy (non-hydrogen) atoms. The molecule has 4 nitrogen and oxygen atoms in total. The largest absolute Gasteiger partial charge is 0.598 e. The average molecular weight is 383 g/mol. The molecule has 0 fully saturated rings. The van der Waals surface area contributed by atoms with E-state index in [1.807, 2.05) is 40.7 Å². The van der Waals surface area contributed by atoms with Crippen molar-refractivity contribution in [3.05, 3.63) is 47.7 Å². The summed E-state index contributed by atoms with van der Waals surface area (Å²) < 4.78 is 20.4.